The molecule has 1 aliphatic rings. The minimum absolute atomic E-state index is 0.874. The molecule has 0 atom stereocenters. The van der Waals surface area contributed by atoms with Gasteiger partial charge in [-0.25, -0.2) is 0 Å². The van der Waals surface area contributed by atoms with Crippen molar-refractivity contribution in [2.24, 2.45) is 5.92 Å². The van der Waals surface area contributed by atoms with Crippen LogP contribution < -0.4 is 5.32 Å². The number of halogens is 1. The zero-order valence-corrected chi connectivity index (χ0v) is 12.0. The number of piperidine rings is 1. The van der Waals surface area contributed by atoms with Crippen LogP contribution in [0.2, 0.25) is 0 Å². The highest BCUT2D eigenvalue weighted by Gasteiger charge is 2.18. The van der Waals surface area contributed by atoms with Crippen LogP contribution in [0.15, 0.2) is 28.7 Å². The predicted molar refractivity (Wildman–Crippen MR) is 76.1 cm³/mol. The van der Waals surface area contributed by atoms with Gasteiger partial charge in [-0.05, 0) is 63.1 Å². The van der Waals surface area contributed by atoms with Crippen molar-refractivity contribution in [1.82, 2.24) is 10.2 Å². The summed E-state index contributed by atoms with van der Waals surface area (Å²) in [7, 11) is 2.05. The van der Waals surface area contributed by atoms with Crippen LogP contribution in [0, 0.1) is 5.92 Å². The third-order valence-corrected chi connectivity index (χ3v) is 3.99. The quantitative estimate of drug-likeness (QED) is 0.919. The molecule has 0 amide bonds. The SMILES string of the molecule is CNCC1CCN(Cc2cccc(Br)c2)CC1. The van der Waals surface area contributed by atoms with Gasteiger partial charge in [0, 0.05) is 11.0 Å². The fourth-order valence-electron chi connectivity index (χ4n) is 2.53. The van der Waals surface area contributed by atoms with Gasteiger partial charge in [0.1, 0.15) is 0 Å². The normalized spacial score (nSPS) is 18.5. The molecule has 0 saturated carbocycles. The van der Waals surface area contributed by atoms with Gasteiger partial charge in [-0.2, -0.15) is 0 Å². The molecule has 1 aromatic carbocycles. The Morgan fingerprint density at radius 3 is 2.76 bits per heavy atom. The zero-order chi connectivity index (χ0) is 12.1. The molecule has 2 rings (SSSR count). The number of benzene rings is 1. The number of hydrogen-bond donors (Lipinski definition) is 1. The summed E-state index contributed by atoms with van der Waals surface area (Å²) < 4.78 is 1.18. The van der Waals surface area contributed by atoms with E-state index in [0.29, 0.717) is 0 Å². The van der Waals surface area contributed by atoms with Gasteiger partial charge in [0.25, 0.3) is 0 Å². The van der Waals surface area contributed by atoms with Crippen molar-refractivity contribution in [3.8, 4) is 0 Å². The predicted octanol–water partition coefficient (Wildman–Crippen LogP) is 2.88. The molecule has 1 N–H and O–H groups in total. The molecule has 94 valence electrons. The molecule has 0 unspecified atom stereocenters. The molecule has 1 heterocycles. The Morgan fingerprint density at radius 2 is 2.12 bits per heavy atom. The first-order chi connectivity index (χ1) is 8.28. The van der Waals surface area contributed by atoms with E-state index in [1.54, 1.807) is 0 Å². The molecule has 0 aromatic heterocycles. The minimum Gasteiger partial charge on any atom is -0.319 e. The molecule has 0 aliphatic carbocycles. The fraction of sp³-hybridized carbons (Fsp3) is 0.571. The van der Waals surface area contributed by atoms with E-state index in [1.807, 2.05) is 7.05 Å². The van der Waals surface area contributed by atoms with Crippen molar-refractivity contribution in [3.05, 3.63) is 34.3 Å². The van der Waals surface area contributed by atoms with Gasteiger partial charge in [0.05, 0.1) is 0 Å². The molecule has 1 aromatic rings. The van der Waals surface area contributed by atoms with E-state index in [1.165, 1.54) is 42.5 Å². The van der Waals surface area contributed by atoms with Gasteiger partial charge in [0.15, 0.2) is 0 Å². The van der Waals surface area contributed by atoms with Crippen molar-refractivity contribution >= 4 is 15.9 Å². The van der Waals surface area contributed by atoms with Gasteiger partial charge in [0.2, 0.25) is 0 Å². The molecule has 0 radical (unpaired) electrons. The molecule has 1 fully saturated rings. The smallest absolute Gasteiger partial charge is 0.0234 e. The van der Waals surface area contributed by atoms with Crippen LogP contribution in [0.4, 0.5) is 0 Å². The van der Waals surface area contributed by atoms with E-state index in [4.69, 9.17) is 0 Å². The van der Waals surface area contributed by atoms with Crippen LogP contribution in [0.3, 0.4) is 0 Å². The number of nitrogens with one attached hydrogen (secondary N) is 1. The van der Waals surface area contributed by atoms with E-state index in [-0.39, 0.29) is 0 Å². The molecule has 1 aliphatic heterocycles. The average Bonchev–Trinajstić information content (AvgIpc) is 2.32. The van der Waals surface area contributed by atoms with Gasteiger partial charge in [-0.1, -0.05) is 28.1 Å². The maximum Gasteiger partial charge on any atom is 0.0234 e. The zero-order valence-electron chi connectivity index (χ0n) is 10.5. The molecule has 3 heteroatoms. The molecule has 1 saturated heterocycles. The molecule has 17 heavy (non-hydrogen) atoms. The largest absolute Gasteiger partial charge is 0.319 e. The summed E-state index contributed by atoms with van der Waals surface area (Å²) in [5, 5.41) is 3.28. The van der Waals surface area contributed by atoms with Crippen LogP contribution in [0.25, 0.3) is 0 Å². The van der Waals surface area contributed by atoms with Crippen LogP contribution in [-0.2, 0) is 6.54 Å². The second-order valence-corrected chi connectivity index (χ2v) is 5.82. The highest BCUT2D eigenvalue weighted by Crippen LogP contribution is 2.19. The minimum atomic E-state index is 0.874. The van der Waals surface area contributed by atoms with Crippen molar-refractivity contribution in [2.45, 2.75) is 19.4 Å². The van der Waals surface area contributed by atoms with Gasteiger partial charge in [-0.3, -0.25) is 4.90 Å². The first-order valence-corrected chi connectivity index (χ1v) is 7.18. The first-order valence-electron chi connectivity index (χ1n) is 6.39. The molecule has 0 bridgehead atoms. The standard InChI is InChI=1S/C14H21BrN2/c1-16-10-12-5-7-17(8-6-12)11-13-3-2-4-14(15)9-13/h2-4,9,12,16H,5-8,10-11H2,1H3. The van der Waals surface area contributed by atoms with E-state index >= 15 is 0 Å². The van der Waals surface area contributed by atoms with E-state index in [0.717, 1.165) is 12.5 Å². The second-order valence-electron chi connectivity index (χ2n) is 4.91. The summed E-state index contributed by atoms with van der Waals surface area (Å²) in [6, 6.07) is 8.64. The monoisotopic (exact) mass is 296 g/mol. The van der Waals surface area contributed by atoms with Gasteiger partial charge < -0.3 is 5.32 Å². The van der Waals surface area contributed by atoms with Crippen molar-refractivity contribution in [2.75, 3.05) is 26.7 Å². The van der Waals surface area contributed by atoms with Crippen LogP contribution >= 0.6 is 15.9 Å². The fourth-order valence-corrected chi connectivity index (χ4v) is 2.98. The summed E-state index contributed by atoms with van der Waals surface area (Å²) in [4.78, 5) is 2.56. The molecular formula is C14H21BrN2. The third-order valence-electron chi connectivity index (χ3n) is 3.50. The molecule has 2 nitrogen and oxygen atoms in total. The highest BCUT2D eigenvalue weighted by atomic mass is 79.9. The lowest BCUT2D eigenvalue weighted by atomic mass is 9.96. The Labute approximate surface area is 113 Å². The van der Waals surface area contributed by atoms with Crippen LogP contribution in [0.1, 0.15) is 18.4 Å². The Balaban J connectivity index is 1.82. The van der Waals surface area contributed by atoms with Crippen molar-refractivity contribution in [1.29, 1.82) is 0 Å². The summed E-state index contributed by atoms with van der Waals surface area (Å²) in [6.07, 6.45) is 2.66. The topological polar surface area (TPSA) is 15.3 Å². The number of hydrogen-bond acceptors (Lipinski definition) is 2. The van der Waals surface area contributed by atoms with E-state index in [2.05, 4.69) is 50.4 Å². The van der Waals surface area contributed by atoms with E-state index in [9.17, 15) is 0 Å². The second kappa shape index (κ2) is 6.53. The first kappa shape index (κ1) is 13.1. The number of rotatable bonds is 4. The van der Waals surface area contributed by atoms with Crippen molar-refractivity contribution in [3.63, 3.8) is 0 Å². The van der Waals surface area contributed by atoms with Crippen LogP contribution in [0.5, 0.6) is 0 Å². The van der Waals surface area contributed by atoms with Crippen LogP contribution in [-0.4, -0.2) is 31.6 Å². The third kappa shape index (κ3) is 4.09. The summed E-state index contributed by atoms with van der Waals surface area (Å²) >= 11 is 3.53. The average molecular weight is 297 g/mol. The Bertz CT molecular complexity index is 346. The van der Waals surface area contributed by atoms with Gasteiger partial charge in [-0.15, -0.1) is 0 Å². The molecule has 0 spiro atoms. The summed E-state index contributed by atoms with van der Waals surface area (Å²) in [5.41, 5.74) is 1.41. The lowest BCUT2D eigenvalue weighted by Crippen LogP contribution is -2.36. The Morgan fingerprint density at radius 1 is 1.35 bits per heavy atom. The lowest BCUT2D eigenvalue weighted by molar-refractivity contribution is 0.177. The Hall–Kier alpha value is -0.380. The summed E-state index contributed by atoms with van der Waals surface area (Å²) in [6.45, 7) is 4.73. The molecular weight excluding hydrogens is 276 g/mol. The maximum atomic E-state index is 3.53. The Kier molecular flexibility index (Phi) is 5.01. The lowest BCUT2D eigenvalue weighted by Gasteiger charge is -2.31. The highest BCUT2D eigenvalue weighted by molar-refractivity contribution is 9.10. The number of likely N-dealkylation sites (tertiary alicyclic amines) is 1. The van der Waals surface area contributed by atoms with Crippen molar-refractivity contribution < 1.29 is 0 Å². The van der Waals surface area contributed by atoms with E-state index < -0.39 is 0 Å². The summed E-state index contributed by atoms with van der Waals surface area (Å²) in [5.74, 6) is 0.874. The maximum absolute atomic E-state index is 3.53. The number of nitrogens with zero attached hydrogens (tertiary/aromatic N) is 1. The van der Waals surface area contributed by atoms with Gasteiger partial charge >= 0.3 is 0 Å².